The van der Waals surface area contributed by atoms with Crippen molar-refractivity contribution in [3.8, 4) is 33.6 Å². The smallest absolute Gasteiger partial charge is 0.336 e. The van der Waals surface area contributed by atoms with Gasteiger partial charge in [0.1, 0.15) is 0 Å². The van der Waals surface area contributed by atoms with Crippen molar-refractivity contribution in [2.45, 2.75) is 59.8 Å². The van der Waals surface area contributed by atoms with Crippen LogP contribution in [-0.4, -0.2) is 55.7 Å². The SMILES string of the molecule is Cc1cccc(C)c1N1C(=O)c2ccc3c4ccc5c6c(ccc(c7ccc(c2c37)C1=O)c64)C(=O)N(c1c(C)cc(-c2ccc(CCCCCc3ccc(-c4cnc(-c6cc(C(=O)O)ccn6)cc4C(=O)O)cc3)cc2)cc1C)C5=O. The molecule has 9 aromatic carbocycles. The number of aromatic nitrogens is 2. The lowest BCUT2D eigenvalue weighted by Crippen LogP contribution is -2.41. The second kappa shape index (κ2) is 19.3. The molecule has 2 aliphatic heterocycles. The van der Waals surface area contributed by atoms with Gasteiger partial charge in [0.05, 0.1) is 33.9 Å². The van der Waals surface area contributed by atoms with E-state index in [9.17, 15) is 39.0 Å². The Kier molecular flexibility index (Phi) is 12.0. The molecule has 12 heteroatoms. The topological polar surface area (TPSA) is 175 Å². The number of unbranched alkanes of at least 4 members (excludes halogenated alkanes) is 2. The number of amides is 4. The first kappa shape index (κ1) is 50.3. The molecule has 0 saturated heterocycles. The maximum Gasteiger partial charge on any atom is 0.336 e. The van der Waals surface area contributed by atoms with Gasteiger partial charge in [0.15, 0.2) is 0 Å². The monoisotopic (exact) mass is 1060 g/mol. The van der Waals surface area contributed by atoms with E-state index >= 15 is 0 Å². The van der Waals surface area contributed by atoms with Crippen molar-refractivity contribution in [1.82, 2.24) is 9.97 Å². The number of aryl methyl sites for hydroxylation is 6. The molecule has 0 saturated carbocycles. The highest BCUT2D eigenvalue weighted by Gasteiger charge is 2.39. The predicted molar refractivity (Wildman–Crippen MR) is 315 cm³/mol. The third-order valence-electron chi connectivity index (χ3n) is 16.4. The number of carbonyl (C=O) groups excluding carboxylic acids is 4. The molecule has 2 N–H and O–H groups in total. The van der Waals surface area contributed by atoms with Gasteiger partial charge in [0.2, 0.25) is 0 Å². The summed E-state index contributed by atoms with van der Waals surface area (Å²) in [4.78, 5) is 93.4. The minimum absolute atomic E-state index is 0.0340. The molecule has 0 fully saturated rings. The Balaban J connectivity index is 0.690. The number of carbonyl (C=O) groups is 6. The Morgan fingerprint density at radius 2 is 0.864 bits per heavy atom. The van der Waals surface area contributed by atoms with Crippen LogP contribution in [-0.2, 0) is 12.8 Å². The molecule has 4 heterocycles. The summed E-state index contributed by atoms with van der Waals surface area (Å²) in [5, 5.41) is 25.6. The molecular formula is C69H50N4O8. The Morgan fingerprint density at radius 3 is 1.32 bits per heavy atom. The molecule has 394 valence electrons. The standard InChI is InChI=1S/C69H50N4O8/c1-36-9-8-10-37(2)62(36)72-64(74)50-25-21-46-48-23-27-52-61-53(28-24-49(59(48)61)47-22-26-51(65(72)75)60(50)58(46)47)67(77)73(66(52)76)63-38(3)31-45(32-39(63)4)42-17-13-40(14-18-42)11-6-5-7-12-41-15-19-43(20-16-41)55-35-71-57(34-54(55)69(80)81)56-33-44(68(78)79)29-30-70-56/h8-10,13-35H,5-7,11-12H2,1-4H3,(H,78,79)(H,80,81). The zero-order valence-electron chi connectivity index (χ0n) is 44.7. The Hall–Kier alpha value is -10.2. The van der Waals surface area contributed by atoms with Gasteiger partial charge in [-0.25, -0.2) is 19.4 Å². The molecule has 11 aromatic rings. The van der Waals surface area contributed by atoms with Crippen molar-refractivity contribution in [2.75, 3.05) is 9.80 Å². The van der Waals surface area contributed by atoms with Crippen LogP contribution in [0.2, 0.25) is 0 Å². The number of benzene rings is 9. The van der Waals surface area contributed by atoms with Gasteiger partial charge in [-0.1, -0.05) is 97.4 Å². The minimum atomic E-state index is -1.12. The van der Waals surface area contributed by atoms with Crippen molar-refractivity contribution in [3.05, 3.63) is 225 Å². The fraction of sp³-hybridized carbons (Fsp3) is 0.130. The lowest BCUT2D eigenvalue weighted by atomic mass is 9.82. The van der Waals surface area contributed by atoms with E-state index < -0.39 is 23.8 Å². The lowest BCUT2D eigenvalue weighted by Gasteiger charge is -2.32. The summed E-state index contributed by atoms with van der Waals surface area (Å²) in [6, 6.07) is 45.3. The van der Waals surface area contributed by atoms with Gasteiger partial charge in [0.25, 0.3) is 23.6 Å². The summed E-state index contributed by atoms with van der Waals surface area (Å²) in [7, 11) is 0. The first-order valence-corrected chi connectivity index (χ1v) is 26.9. The molecule has 2 aliphatic rings. The maximum atomic E-state index is 14.8. The molecule has 81 heavy (non-hydrogen) atoms. The predicted octanol–water partition coefficient (Wildman–Crippen LogP) is 14.7. The summed E-state index contributed by atoms with van der Waals surface area (Å²) in [5.74, 6) is -3.77. The first-order chi connectivity index (χ1) is 39.2. The number of aromatic carboxylic acids is 2. The number of hydrogen-bond donors (Lipinski definition) is 2. The largest absolute Gasteiger partial charge is 0.478 e. The van der Waals surface area contributed by atoms with E-state index in [2.05, 4.69) is 34.2 Å². The quantitative estimate of drug-likeness (QED) is 0.0489. The highest BCUT2D eigenvalue weighted by atomic mass is 16.4. The molecule has 0 spiro atoms. The third kappa shape index (κ3) is 8.12. The number of imide groups is 2. The molecule has 0 bridgehead atoms. The summed E-state index contributed by atoms with van der Waals surface area (Å²) >= 11 is 0. The second-order valence-corrected chi connectivity index (χ2v) is 21.3. The third-order valence-corrected chi connectivity index (χ3v) is 16.4. The normalized spacial score (nSPS) is 13.2. The zero-order valence-corrected chi connectivity index (χ0v) is 44.7. The van der Waals surface area contributed by atoms with Gasteiger partial charge < -0.3 is 10.2 Å². The Morgan fingerprint density at radius 1 is 0.420 bits per heavy atom. The molecule has 0 atom stereocenters. The summed E-state index contributed by atoms with van der Waals surface area (Å²) < 4.78 is 0. The number of nitrogens with zero attached hydrogens (tertiary/aromatic N) is 4. The van der Waals surface area contributed by atoms with E-state index in [1.165, 1.54) is 46.0 Å². The number of fused-ring (bicyclic) bond motifs is 2. The van der Waals surface area contributed by atoms with Crippen LogP contribution in [0.3, 0.4) is 0 Å². The summed E-state index contributed by atoms with van der Waals surface area (Å²) in [6.45, 7) is 7.68. The van der Waals surface area contributed by atoms with Crippen LogP contribution in [0.25, 0.3) is 76.7 Å². The van der Waals surface area contributed by atoms with Crippen LogP contribution in [0.5, 0.6) is 0 Å². The van der Waals surface area contributed by atoms with Gasteiger partial charge in [-0.2, -0.15) is 0 Å². The maximum absolute atomic E-state index is 14.8. The second-order valence-electron chi connectivity index (χ2n) is 21.3. The number of para-hydroxylation sites is 1. The number of pyridine rings is 2. The Labute approximate surface area is 464 Å². The van der Waals surface area contributed by atoms with E-state index in [4.69, 9.17) is 0 Å². The minimum Gasteiger partial charge on any atom is -0.478 e. The summed E-state index contributed by atoms with van der Waals surface area (Å²) in [6.07, 6.45) is 7.67. The number of rotatable bonds is 13. The lowest BCUT2D eigenvalue weighted by molar-refractivity contribution is 0.0686. The van der Waals surface area contributed by atoms with Crippen LogP contribution in [0.1, 0.15) is 115 Å². The van der Waals surface area contributed by atoms with E-state index in [-0.39, 0.29) is 34.3 Å². The number of hydrogen-bond acceptors (Lipinski definition) is 8. The Bertz CT molecular complexity index is 4420. The molecule has 0 unspecified atom stereocenters. The molecular weight excluding hydrogens is 1010 g/mol. The van der Waals surface area contributed by atoms with Gasteiger partial charge in [-0.3, -0.25) is 29.1 Å². The van der Waals surface area contributed by atoms with Crippen molar-refractivity contribution >= 4 is 90.0 Å². The van der Waals surface area contributed by atoms with Crippen LogP contribution in [0.4, 0.5) is 11.4 Å². The van der Waals surface area contributed by atoms with E-state index in [0.717, 1.165) is 103 Å². The van der Waals surface area contributed by atoms with Gasteiger partial charge in [-0.15, -0.1) is 0 Å². The van der Waals surface area contributed by atoms with Crippen LogP contribution >= 0.6 is 0 Å². The fourth-order valence-electron chi connectivity index (χ4n) is 12.6. The van der Waals surface area contributed by atoms with Crippen molar-refractivity contribution < 1.29 is 39.0 Å². The molecule has 0 radical (unpaired) electrons. The van der Waals surface area contributed by atoms with Crippen LogP contribution in [0.15, 0.2) is 158 Å². The van der Waals surface area contributed by atoms with Crippen molar-refractivity contribution in [3.63, 3.8) is 0 Å². The number of carboxylic acids is 2. The highest BCUT2D eigenvalue weighted by Crippen LogP contribution is 2.48. The van der Waals surface area contributed by atoms with E-state index in [1.807, 2.05) is 107 Å². The van der Waals surface area contributed by atoms with E-state index in [1.54, 1.807) is 24.3 Å². The fourth-order valence-corrected chi connectivity index (χ4v) is 12.6. The molecule has 2 aromatic heterocycles. The van der Waals surface area contributed by atoms with Crippen LogP contribution in [0, 0.1) is 27.7 Å². The van der Waals surface area contributed by atoms with Gasteiger partial charge in [0, 0.05) is 51.0 Å². The van der Waals surface area contributed by atoms with Crippen molar-refractivity contribution in [1.29, 1.82) is 0 Å². The average molecular weight is 1060 g/mol. The molecule has 13 rings (SSSR count). The number of carboxylic acid groups (broad SMARTS) is 2. The van der Waals surface area contributed by atoms with Gasteiger partial charge >= 0.3 is 11.9 Å². The van der Waals surface area contributed by atoms with Gasteiger partial charge in [-0.05, 0) is 190 Å². The molecule has 4 amide bonds. The average Bonchev–Trinajstić information content (AvgIpc) is 3.61. The van der Waals surface area contributed by atoms with Crippen molar-refractivity contribution in [2.24, 2.45) is 0 Å². The number of anilines is 2. The van der Waals surface area contributed by atoms with Crippen LogP contribution < -0.4 is 9.80 Å². The first-order valence-electron chi connectivity index (χ1n) is 26.9. The zero-order chi connectivity index (χ0) is 56.1. The highest BCUT2D eigenvalue weighted by molar-refractivity contribution is 6.45. The van der Waals surface area contributed by atoms with E-state index in [0.29, 0.717) is 55.5 Å². The summed E-state index contributed by atoms with van der Waals surface area (Å²) in [5.41, 5.74) is 12.3. The molecule has 12 nitrogen and oxygen atoms in total. The molecule has 0 aliphatic carbocycles.